The Bertz CT molecular complexity index is 6310. The highest BCUT2D eigenvalue weighted by Crippen LogP contribution is 2.51. The van der Waals surface area contributed by atoms with E-state index in [1.807, 2.05) is 48.5 Å². The molecular formula is C128H108Br4Si4. The van der Waals surface area contributed by atoms with Crippen molar-refractivity contribution in [1.29, 1.82) is 0 Å². The van der Waals surface area contributed by atoms with Crippen LogP contribution in [0, 0.1) is 95.2 Å². The van der Waals surface area contributed by atoms with Crippen LogP contribution in [0.25, 0.3) is 0 Å². The van der Waals surface area contributed by atoms with E-state index in [-0.39, 0.29) is 5.41 Å². The molecule has 16 aromatic carbocycles. The number of benzene rings is 16. The van der Waals surface area contributed by atoms with Crippen LogP contribution in [0.15, 0.2) is 430 Å². The van der Waals surface area contributed by atoms with Gasteiger partial charge in [-0.1, -0.05) is 457 Å². The Morgan fingerprint density at radius 2 is 0.265 bits per heavy atom. The molecule has 16 rings (SSSR count). The van der Waals surface area contributed by atoms with E-state index in [0.717, 1.165) is 84.7 Å². The lowest BCUT2D eigenvalue weighted by atomic mass is 9.65. The molecule has 136 heavy (non-hydrogen) atoms. The van der Waals surface area contributed by atoms with Gasteiger partial charge in [0.15, 0.2) is 0 Å². The van der Waals surface area contributed by atoms with Crippen LogP contribution in [0.2, 0.25) is 78.6 Å². The van der Waals surface area contributed by atoms with Crippen molar-refractivity contribution in [3.8, 4) is 95.2 Å². The predicted octanol–water partition coefficient (Wildman–Crippen LogP) is 32.2. The molecule has 0 aliphatic heterocycles. The van der Waals surface area contributed by atoms with E-state index in [4.69, 9.17) is 25.7 Å². The number of hydrogen-bond donors (Lipinski definition) is 0. The average molecular weight is 2080 g/mol. The van der Waals surface area contributed by atoms with Gasteiger partial charge in [-0.05, 0) is 235 Å². The summed E-state index contributed by atoms with van der Waals surface area (Å²) in [4.78, 5) is 0. The van der Waals surface area contributed by atoms with Gasteiger partial charge >= 0.3 is 0 Å². The van der Waals surface area contributed by atoms with Crippen molar-refractivity contribution in [2.45, 2.75) is 100 Å². The van der Waals surface area contributed by atoms with E-state index in [1.54, 1.807) is 0 Å². The summed E-state index contributed by atoms with van der Waals surface area (Å²) in [6.45, 7) is 27.4. The normalized spacial score (nSPS) is 11.3. The molecule has 8 heteroatoms. The van der Waals surface area contributed by atoms with Crippen LogP contribution in [0.4, 0.5) is 0 Å². The molecule has 0 radical (unpaired) electrons. The van der Waals surface area contributed by atoms with Gasteiger partial charge in [0.25, 0.3) is 0 Å². The lowest BCUT2D eigenvalue weighted by Gasteiger charge is -2.37. The zero-order valence-corrected chi connectivity index (χ0v) is 89.4. The first kappa shape index (κ1) is 100. The van der Waals surface area contributed by atoms with Crippen LogP contribution in [0.3, 0.4) is 0 Å². The van der Waals surface area contributed by atoms with Crippen LogP contribution >= 0.6 is 63.7 Å². The number of rotatable bonds is 16. The summed E-state index contributed by atoms with van der Waals surface area (Å²) in [5, 5.41) is 0. The number of halogens is 4. The maximum Gasteiger partial charge on any atom is 0.129 e. The molecule has 0 bridgehead atoms. The zero-order chi connectivity index (χ0) is 96.7. The smallest absolute Gasteiger partial charge is 0.127 e. The molecule has 0 saturated heterocycles. The molecule has 0 saturated carbocycles. The van der Waals surface area contributed by atoms with Crippen molar-refractivity contribution < 1.29 is 0 Å². The fourth-order valence-electron chi connectivity index (χ4n) is 17.1. The second kappa shape index (κ2) is 45.0. The van der Waals surface area contributed by atoms with Crippen molar-refractivity contribution in [3.05, 3.63) is 564 Å². The standard InChI is InChI=1S/C45H52Si4.C33H20.C25H16Br4.C25H20/c1-46(2,3)33-29-37-13-21-41(22-14-37)45(42-23-15-38(16-24-42)30-34-47(4,5)6,43-25-17-39(18-26-43)31-35-48(7,8)9)44-27-19-40(20-28-44)32-36-49(10,11)12;1-5-25-9-17-29(18-10-25)33(30-19-11-26(6-2)12-20-30,31-21-13-27(7-3)14-22-31)32-23-15-28(8-4)16-24-32;26-21-9-1-17(2-10-21)25(18-3-11-22(27)12-4-18,19-5-13-23(28)14-6-19)20-7-15-24(29)16-8-20;1-5-13-21(14-6-1)25(22-15-7-2-8-16-22,23-17-9-3-10-18-23)24-19-11-4-12-20-24/h13-28H,1-12H3;1-4,9-24H;1-16H;1-20H. The van der Waals surface area contributed by atoms with Crippen LogP contribution in [0.5, 0.6) is 0 Å². The van der Waals surface area contributed by atoms with Crippen molar-refractivity contribution in [2.75, 3.05) is 0 Å². The third-order valence-electron chi connectivity index (χ3n) is 23.5. The maximum atomic E-state index is 5.63. The van der Waals surface area contributed by atoms with Crippen molar-refractivity contribution in [3.63, 3.8) is 0 Å². The molecule has 0 N–H and O–H groups in total. The molecule has 0 fully saturated rings. The van der Waals surface area contributed by atoms with E-state index in [0.29, 0.717) is 0 Å². The minimum atomic E-state index is -1.51. The first-order valence-electron chi connectivity index (χ1n) is 45.4. The Hall–Kier alpha value is -13.2. The minimum absolute atomic E-state index is 0.328. The summed E-state index contributed by atoms with van der Waals surface area (Å²) in [6.07, 6.45) is 22.5. The van der Waals surface area contributed by atoms with E-state index < -0.39 is 48.5 Å². The quantitative estimate of drug-likeness (QED) is 0.0514. The largest absolute Gasteiger partial charge is 0.129 e. The van der Waals surface area contributed by atoms with Crippen LogP contribution in [0.1, 0.15) is 134 Å². The van der Waals surface area contributed by atoms with Crippen molar-refractivity contribution in [2.24, 2.45) is 0 Å². The summed E-state index contributed by atoms with van der Waals surface area (Å²) >= 11 is 14.4. The van der Waals surface area contributed by atoms with Gasteiger partial charge in [0.1, 0.15) is 32.3 Å². The second-order valence-electron chi connectivity index (χ2n) is 37.7. The summed E-state index contributed by atoms with van der Waals surface area (Å²) in [7, 11) is -6.03. The first-order valence-corrected chi connectivity index (χ1v) is 62.6. The van der Waals surface area contributed by atoms with Gasteiger partial charge in [-0.2, -0.15) is 0 Å². The summed E-state index contributed by atoms with van der Waals surface area (Å²) in [5.74, 6) is 24.7. The molecule has 0 heterocycles. The van der Waals surface area contributed by atoms with E-state index >= 15 is 0 Å². The Kier molecular flexibility index (Phi) is 33.1. The lowest BCUT2D eigenvalue weighted by Crippen LogP contribution is -2.31. The van der Waals surface area contributed by atoms with Crippen molar-refractivity contribution in [1.82, 2.24) is 0 Å². The van der Waals surface area contributed by atoms with Gasteiger partial charge in [0.2, 0.25) is 0 Å². The highest BCUT2D eigenvalue weighted by atomic mass is 79.9. The first-order chi connectivity index (χ1) is 65.3. The Labute approximate surface area is 847 Å². The minimum Gasteiger partial charge on any atom is -0.127 e. The van der Waals surface area contributed by atoms with Gasteiger partial charge in [-0.25, -0.2) is 0 Å². The Balaban J connectivity index is 0.000000158. The van der Waals surface area contributed by atoms with E-state index in [1.165, 1.54) is 66.8 Å². The third-order valence-corrected chi connectivity index (χ3v) is 29.1. The maximum absolute atomic E-state index is 5.63. The molecule has 0 spiro atoms. The van der Waals surface area contributed by atoms with E-state index in [2.05, 4.69) is 576 Å². The SMILES string of the molecule is Brc1ccc(C(c2ccc(Br)cc2)(c2ccc(Br)cc2)c2ccc(Br)cc2)cc1.C#Cc1ccc(C(c2ccc(C#C)cc2)(c2ccc(C#C)cc2)c2ccc(C#C)cc2)cc1.C[Si](C)(C)C#Cc1ccc(C(c2ccc(C#C[Si](C)(C)C)cc2)(c2ccc(C#C[Si](C)(C)C)cc2)c2ccc(C#C[Si](C)(C)C)cc2)cc1.c1ccc(C(c2ccccc2)(c2ccccc2)c2ccccc2)cc1. The second-order valence-corrected chi connectivity index (χ2v) is 60.4. The van der Waals surface area contributed by atoms with Gasteiger partial charge in [-0.15, -0.1) is 47.9 Å². The summed E-state index contributed by atoms with van der Waals surface area (Å²) in [5.41, 5.74) is 38.6. The fraction of sp³-hybridized carbons (Fsp3) is 0.125. The highest BCUT2D eigenvalue weighted by Gasteiger charge is 2.43. The molecule has 16 aromatic rings. The van der Waals surface area contributed by atoms with Crippen LogP contribution < -0.4 is 0 Å². The highest BCUT2D eigenvalue weighted by molar-refractivity contribution is 9.11. The monoisotopic (exact) mass is 2070 g/mol. The summed E-state index contributed by atoms with van der Waals surface area (Å²) in [6, 6.07) is 146. The molecule has 0 amide bonds. The molecule has 0 aromatic heterocycles. The predicted molar refractivity (Wildman–Crippen MR) is 602 cm³/mol. The zero-order valence-electron chi connectivity index (χ0n) is 79.1. The van der Waals surface area contributed by atoms with Crippen LogP contribution in [-0.2, 0) is 21.7 Å². The fourth-order valence-corrected chi connectivity index (χ4v) is 20.2. The lowest BCUT2D eigenvalue weighted by molar-refractivity contribution is 0.744. The average Bonchev–Trinajstić information content (AvgIpc) is 0.728. The number of terminal acetylenes is 4. The van der Waals surface area contributed by atoms with Gasteiger partial charge < -0.3 is 0 Å². The van der Waals surface area contributed by atoms with Crippen molar-refractivity contribution >= 4 is 96.0 Å². The Morgan fingerprint density at radius 3 is 0.382 bits per heavy atom. The summed E-state index contributed by atoms with van der Waals surface area (Å²) < 4.78 is 4.27. The molecule has 664 valence electrons. The Morgan fingerprint density at radius 1 is 0.154 bits per heavy atom. The van der Waals surface area contributed by atoms with Gasteiger partial charge in [0.05, 0.1) is 21.7 Å². The van der Waals surface area contributed by atoms with Gasteiger partial charge in [-0.3, -0.25) is 0 Å². The number of hydrogen-bond acceptors (Lipinski definition) is 0. The molecule has 0 nitrogen and oxygen atoms in total. The topological polar surface area (TPSA) is 0 Å². The van der Waals surface area contributed by atoms with E-state index in [9.17, 15) is 0 Å². The molecule has 0 atom stereocenters. The third kappa shape index (κ3) is 24.4. The molecule has 0 aliphatic carbocycles. The van der Waals surface area contributed by atoms with Gasteiger partial charge in [0, 0.05) is 62.4 Å². The molecule has 0 unspecified atom stereocenters. The van der Waals surface area contributed by atoms with Crippen LogP contribution in [-0.4, -0.2) is 32.3 Å². The molecule has 0 aliphatic rings. The molecular weight excluding hydrogens is 1970 g/mol.